The molecule has 0 radical (unpaired) electrons. The summed E-state index contributed by atoms with van der Waals surface area (Å²) in [7, 11) is -2.07. The quantitative estimate of drug-likeness (QED) is 0.323. The summed E-state index contributed by atoms with van der Waals surface area (Å²) in [6.45, 7) is 15.3. The van der Waals surface area contributed by atoms with E-state index in [0.29, 0.717) is 5.54 Å². The van der Waals surface area contributed by atoms with Crippen LogP contribution < -0.4 is 0 Å². The van der Waals surface area contributed by atoms with Crippen LogP contribution in [0.1, 0.15) is 87.0 Å². The first kappa shape index (κ1) is 20.1. The van der Waals surface area contributed by atoms with E-state index in [0.717, 1.165) is 6.04 Å². The number of unbranched alkanes of at least 4 members (excludes halogenated alkanes) is 5. The minimum Gasteiger partial charge on any atom is -0.392 e. The largest absolute Gasteiger partial charge is 0.392 e. The molecule has 0 aromatic heterocycles. The third-order valence-corrected chi connectivity index (χ3v) is 8.18. The molecule has 0 aromatic rings. The Labute approximate surface area is 128 Å². The van der Waals surface area contributed by atoms with Gasteiger partial charge in [0.15, 0.2) is 0 Å². The van der Waals surface area contributed by atoms with Gasteiger partial charge in [0.1, 0.15) is 0 Å². The van der Waals surface area contributed by atoms with Gasteiger partial charge >= 0.3 is 8.56 Å². The van der Waals surface area contributed by atoms with Crippen molar-refractivity contribution in [2.75, 3.05) is 0 Å². The van der Waals surface area contributed by atoms with E-state index in [9.17, 15) is 0 Å². The van der Waals surface area contributed by atoms with Gasteiger partial charge in [-0.2, -0.15) is 0 Å². The molecule has 0 spiro atoms. The first-order chi connectivity index (χ1) is 9.34. The van der Waals surface area contributed by atoms with Crippen LogP contribution in [0.4, 0.5) is 0 Å². The minimum absolute atomic E-state index is 0.267. The van der Waals surface area contributed by atoms with Crippen LogP contribution in [0, 0.1) is 0 Å². The van der Waals surface area contributed by atoms with Crippen molar-refractivity contribution in [2.24, 2.45) is 0 Å². The maximum Gasteiger partial charge on any atom is 0.341 e. The van der Waals surface area contributed by atoms with Gasteiger partial charge in [-0.05, 0) is 39.3 Å². The smallest absolute Gasteiger partial charge is 0.341 e. The summed E-state index contributed by atoms with van der Waals surface area (Å²) in [5.74, 6) is 0. The van der Waals surface area contributed by atoms with Gasteiger partial charge in [0.2, 0.25) is 0 Å². The monoisotopic (exact) mass is 302 g/mol. The molecule has 20 heavy (non-hydrogen) atoms. The highest BCUT2D eigenvalue weighted by Crippen LogP contribution is 2.32. The fourth-order valence-electron chi connectivity index (χ4n) is 2.66. The van der Waals surface area contributed by atoms with Crippen LogP contribution in [0.2, 0.25) is 11.6 Å². The van der Waals surface area contributed by atoms with E-state index in [1.807, 2.05) is 0 Å². The second-order valence-corrected chi connectivity index (χ2v) is 10.6. The zero-order valence-corrected chi connectivity index (χ0v) is 16.0. The molecule has 0 aliphatic carbocycles. The molecule has 0 amide bonds. The number of hydrogen-bond donors (Lipinski definition) is 0. The molecule has 3 heteroatoms. The van der Waals surface area contributed by atoms with Gasteiger partial charge in [-0.15, -0.1) is 0 Å². The molecule has 0 unspecified atom stereocenters. The summed E-state index contributed by atoms with van der Waals surface area (Å²) in [4.78, 5) is 0. The van der Waals surface area contributed by atoms with Crippen LogP contribution in [-0.2, 0) is 8.85 Å². The molecule has 0 rings (SSSR count). The second kappa shape index (κ2) is 10.8. The highest BCUT2D eigenvalue weighted by molar-refractivity contribution is 6.68. The zero-order valence-electron chi connectivity index (χ0n) is 15.0. The number of rotatable bonds is 12. The molecule has 0 aliphatic heterocycles. The Bertz CT molecular complexity index is 217. The van der Waals surface area contributed by atoms with Crippen molar-refractivity contribution in [1.82, 2.24) is 0 Å². The lowest BCUT2D eigenvalue weighted by atomic mass is 10.1. The number of hydrogen-bond acceptors (Lipinski definition) is 2. The van der Waals surface area contributed by atoms with E-state index in [2.05, 4.69) is 48.5 Å². The van der Waals surface area contributed by atoms with Crippen LogP contribution in [0.25, 0.3) is 0 Å². The maximum atomic E-state index is 6.35. The third-order valence-electron chi connectivity index (χ3n) is 3.63. The first-order valence-electron chi connectivity index (χ1n) is 8.69. The molecule has 2 nitrogen and oxygen atoms in total. The van der Waals surface area contributed by atoms with Gasteiger partial charge in [-0.3, -0.25) is 0 Å². The molecular formula is C17H38O2Si. The Hall–Kier alpha value is 0.137. The third kappa shape index (κ3) is 8.43. The summed E-state index contributed by atoms with van der Waals surface area (Å²) < 4.78 is 12.7. The lowest BCUT2D eigenvalue weighted by Crippen LogP contribution is -2.48. The Morgan fingerprint density at radius 1 is 0.700 bits per heavy atom. The first-order valence-corrected chi connectivity index (χ1v) is 10.8. The molecular weight excluding hydrogens is 264 g/mol. The average Bonchev–Trinajstić information content (AvgIpc) is 2.31. The summed E-state index contributed by atoms with van der Waals surface area (Å²) in [5.41, 5.74) is 0.517. The standard InChI is InChI=1S/C17H38O2Si/c1-8-9-10-11-12-13-14-20(17(6)7,18-15(2)3)19-16(4)5/h15-17H,8-14H2,1-7H3. The van der Waals surface area contributed by atoms with Gasteiger partial charge in [0.25, 0.3) is 0 Å². The Balaban J connectivity index is 4.42. The fourth-order valence-corrected chi connectivity index (χ4v) is 6.41. The molecule has 0 fully saturated rings. The molecule has 0 N–H and O–H groups in total. The predicted octanol–water partition coefficient (Wildman–Crippen LogP) is 6.05. The zero-order chi connectivity index (χ0) is 15.6. The lowest BCUT2D eigenvalue weighted by molar-refractivity contribution is 0.0979. The average molecular weight is 303 g/mol. The van der Waals surface area contributed by atoms with Gasteiger partial charge in [0, 0.05) is 12.2 Å². The van der Waals surface area contributed by atoms with Crippen LogP contribution in [-0.4, -0.2) is 20.8 Å². The normalized spacial score (nSPS) is 12.9. The minimum atomic E-state index is -2.07. The molecule has 0 aliphatic rings. The SMILES string of the molecule is CCCCCCCC[Si](OC(C)C)(OC(C)C)C(C)C. The Kier molecular flexibility index (Phi) is 10.9. The van der Waals surface area contributed by atoms with Crippen molar-refractivity contribution in [3.63, 3.8) is 0 Å². The van der Waals surface area contributed by atoms with Crippen molar-refractivity contribution in [3.05, 3.63) is 0 Å². The van der Waals surface area contributed by atoms with Gasteiger partial charge in [-0.1, -0.05) is 59.3 Å². The molecule has 0 saturated carbocycles. The van der Waals surface area contributed by atoms with Gasteiger partial charge in [-0.25, -0.2) is 0 Å². The summed E-state index contributed by atoms with van der Waals surface area (Å²) in [5, 5.41) is 0. The Morgan fingerprint density at radius 3 is 1.55 bits per heavy atom. The van der Waals surface area contributed by atoms with Crippen molar-refractivity contribution in [2.45, 2.75) is 111 Å². The highest BCUT2D eigenvalue weighted by atomic mass is 28.4. The predicted molar refractivity (Wildman–Crippen MR) is 91.5 cm³/mol. The summed E-state index contributed by atoms with van der Waals surface area (Å²) in [6, 6.07) is 1.15. The second-order valence-electron chi connectivity index (χ2n) is 6.82. The highest BCUT2D eigenvalue weighted by Gasteiger charge is 2.42. The van der Waals surface area contributed by atoms with E-state index in [4.69, 9.17) is 8.85 Å². The molecule has 122 valence electrons. The topological polar surface area (TPSA) is 18.5 Å². The molecule has 0 heterocycles. The van der Waals surface area contributed by atoms with Gasteiger partial charge in [0.05, 0.1) is 0 Å². The van der Waals surface area contributed by atoms with Crippen molar-refractivity contribution in [1.29, 1.82) is 0 Å². The summed E-state index contributed by atoms with van der Waals surface area (Å²) in [6.07, 6.45) is 8.54. The van der Waals surface area contributed by atoms with Crippen LogP contribution in [0.3, 0.4) is 0 Å². The Morgan fingerprint density at radius 2 is 1.15 bits per heavy atom. The van der Waals surface area contributed by atoms with Crippen LogP contribution >= 0.6 is 0 Å². The van der Waals surface area contributed by atoms with E-state index in [1.165, 1.54) is 38.5 Å². The van der Waals surface area contributed by atoms with Crippen molar-refractivity contribution in [3.8, 4) is 0 Å². The maximum absolute atomic E-state index is 6.35. The fraction of sp³-hybridized carbons (Fsp3) is 1.00. The van der Waals surface area contributed by atoms with Gasteiger partial charge < -0.3 is 8.85 Å². The summed E-state index contributed by atoms with van der Waals surface area (Å²) >= 11 is 0. The molecule has 0 atom stereocenters. The molecule has 0 bridgehead atoms. The van der Waals surface area contributed by atoms with Crippen molar-refractivity contribution >= 4 is 8.56 Å². The lowest BCUT2D eigenvalue weighted by Gasteiger charge is -2.37. The molecule has 0 aromatic carbocycles. The van der Waals surface area contributed by atoms with Crippen LogP contribution in [0.15, 0.2) is 0 Å². The molecule has 0 saturated heterocycles. The van der Waals surface area contributed by atoms with E-state index >= 15 is 0 Å². The van der Waals surface area contributed by atoms with E-state index in [1.54, 1.807) is 0 Å². The van der Waals surface area contributed by atoms with Crippen molar-refractivity contribution < 1.29 is 8.85 Å². The van der Waals surface area contributed by atoms with E-state index in [-0.39, 0.29) is 12.2 Å². The van der Waals surface area contributed by atoms with Crippen LogP contribution in [0.5, 0.6) is 0 Å². The van der Waals surface area contributed by atoms with E-state index < -0.39 is 8.56 Å².